The lowest BCUT2D eigenvalue weighted by Gasteiger charge is -2.16. The van der Waals surface area contributed by atoms with Crippen LogP contribution in [0.15, 0.2) is 4.52 Å². The average Bonchev–Trinajstić information content (AvgIpc) is 2.67. The summed E-state index contributed by atoms with van der Waals surface area (Å²) in [6.07, 6.45) is 0.769. The summed E-state index contributed by atoms with van der Waals surface area (Å²) in [6, 6.07) is 0. The number of aliphatic hydroxyl groups excluding tert-OH is 1. The van der Waals surface area contributed by atoms with Gasteiger partial charge in [0.25, 0.3) is 5.89 Å². The summed E-state index contributed by atoms with van der Waals surface area (Å²) in [5.74, 6) is 0.959. The Morgan fingerprint density at radius 3 is 2.57 bits per heavy atom. The molecule has 0 unspecified atom stereocenters. The van der Waals surface area contributed by atoms with Crippen molar-refractivity contribution in [3.8, 4) is 0 Å². The van der Waals surface area contributed by atoms with Crippen LogP contribution >= 0.6 is 0 Å². The van der Waals surface area contributed by atoms with Crippen LogP contribution in [0.4, 0.5) is 0 Å². The van der Waals surface area contributed by atoms with Crippen LogP contribution in [0, 0.1) is 0 Å². The molecule has 0 amide bonds. The number of aromatic nitrogens is 2. The Balaban J connectivity index is 2.37. The van der Waals surface area contributed by atoms with Crippen molar-refractivity contribution in [2.24, 2.45) is 0 Å². The molecular weight excluding hydrogens is 182 g/mol. The molecule has 0 saturated heterocycles. The second-order valence-electron chi connectivity index (χ2n) is 3.04. The molecule has 0 saturated carbocycles. The van der Waals surface area contributed by atoms with Gasteiger partial charge in [0.1, 0.15) is 6.61 Å². The molecule has 1 heterocycles. The second-order valence-corrected chi connectivity index (χ2v) is 3.04. The number of nitrogens with zero attached hydrogens (tertiary/aromatic N) is 3. The first-order valence-corrected chi connectivity index (χ1v) is 4.94. The summed E-state index contributed by atoms with van der Waals surface area (Å²) in [6.45, 7) is 7.05. The van der Waals surface area contributed by atoms with Gasteiger partial charge in [-0.25, -0.2) is 0 Å². The van der Waals surface area contributed by atoms with E-state index in [1.807, 2.05) is 0 Å². The Bertz CT molecular complexity index is 258. The minimum Gasteiger partial charge on any atom is -0.387 e. The smallest absolute Gasteiger partial charge is 0.252 e. The van der Waals surface area contributed by atoms with Crippen molar-refractivity contribution < 1.29 is 9.63 Å². The molecule has 0 fully saturated rings. The molecule has 0 atom stereocenters. The third-order valence-corrected chi connectivity index (χ3v) is 2.19. The van der Waals surface area contributed by atoms with Gasteiger partial charge in [-0.15, -0.1) is 0 Å². The fraction of sp³-hybridized carbons (Fsp3) is 0.778. The molecule has 0 radical (unpaired) electrons. The Labute approximate surface area is 83.7 Å². The minimum absolute atomic E-state index is 0.182. The molecule has 0 bridgehead atoms. The van der Waals surface area contributed by atoms with Crippen LogP contribution in [0.3, 0.4) is 0 Å². The van der Waals surface area contributed by atoms with Gasteiger partial charge >= 0.3 is 0 Å². The fourth-order valence-corrected chi connectivity index (χ4v) is 1.25. The highest BCUT2D eigenvalue weighted by molar-refractivity contribution is 4.85. The Hall–Kier alpha value is -0.940. The van der Waals surface area contributed by atoms with Gasteiger partial charge in [-0.2, -0.15) is 4.98 Å². The SMILES string of the molecule is CCN(CC)CCc1noc(CO)n1. The van der Waals surface area contributed by atoms with E-state index in [1.54, 1.807) is 0 Å². The molecule has 14 heavy (non-hydrogen) atoms. The lowest BCUT2D eigenvalue weighted by molar-refractivity contribution is 0.222. The molecular formula is C9H17N3O2. The zero-order valence-corrected chi connectivity index (χ0v) is 8.73. The predicted octanol–water partition coefficient (Wildman–Crippen LogP) is 0.446. The average molecular weight is 199 g/mol. The molecule has 1 rings (SSSR count). The summed E-state index contributed by atoms with van der Waals surface area (Å²) >= 11 is 0. The van der Waals surface area contributed by atoms with E-state index in [-0.39, 0.29) is 6.61 Å². The molecule has 1 aromatic heterocycles. The molecule has 5 heteroatoms. The Morgan fingerprint density at radius 2 is 2.07 bits per heavy atom. The summed E-state index contributed by atoms with van der Waals surface area (Å²) in [7, 11) is 0. The van der Waals surface area contributed by atoms with Gasteiger partial charge < -0.3 is 14.5 Å². The summed E-state index contributed by atoms with van der Waals surface area (Å²) in [5, 5.41) is 12.5. The topological polar surface area (TPSA) is 62.4 Å². The molecule has 0 aliphatic carbocycles. The summed E-state index contributed by atoms with van der Waals surface area (Å²) in [4.78, 5) is 6.30. The van der Waals surface area contributed by atoms with Crippen molar-refractivity contribution >= 4 is 0 Å². The third kappa shape index (κ3) is 3.08. The van der Waals surface area contributed by atoms with E-state index in [4.69, 9.17) is 9.63 Å². The molecule has 5 nitrogen and oxygen atoms in total. The maximum atomic E-state index is 8.71. The van der Waals surface area contributed by atoms with Crippen LogP contribution in [0.1, 0.15) is 25.6 Å². The van der Waals surface area contributed by atoms with Crippen LogP contribution in [0.2, 0.25) is 0 Å². The van der Waals surface area contributed by atoms with E-state index in [0.29, 0.717) is 11.7 Å². The van der Waals surface area contributed by atoms with Crippen LogP contribution in [-0.4, -0.2) is 39.8 Å². The molecule has 1 aromatic rings. The Kier molecular flexibility index (Phi) is 4.55. The zero-order chi connectivity index (χ0) is 10.4. The zero-order valence-electron chi connectivity index (χ0n) is 8.73. The number of aliphatic hydroxyl groups is 1. The van der Waals surface area contributed by atoms with Gasteiger partial charge in [0.2, 0.25) is 0 Å². The van der Waals surface area contributed by atoms with E-state index in [0.717, 1.165) is 26.1 Å². The normalized spacial score (nSPS) is 11.1. The minimum atomic E-state index is -0.182. The second kappa shape index (κ2) is 5.72. The highest BCUT2D eigenvalue weighted by Crippen LogP contribution is 1.99. The van der Waals surface area contributed by atoms with Crippen LogP contribution < -0.4 is 0 Å². The van der Waals surface area contributed by atoms with Crippen LogP contribution in [0.25, 0.3) is 0 Å². The maximum Gasteiger partial charge on any atom is 0.252 e. The first-order chi connectivity index (χ1) is 6.80. The Morgan fingerprint density at radius 1 is 1.36 bits per heavy atom. The van der Waals surface area contributed by atoms with Crippen molar-refractivity contribution in [3.05, 3.63) is 11.7 Å². The van der Waals surface area contributed by atoms with Gasteiger partial charge in [0.05, 0.1) is 0 Å². The van der Waals surface area contributed by atoms with E-state index < -0.39 is 0 Å². The van der Waals surface area contributed by atoms with E-state index >= 15 is 0 Å². The molecule has 0 aliphatic rings. The van der Waals surface area contributed by atoms with Crippen molar-refractivity contribution in [2.75, 3.05) is 19.6 Å². The number of hydrogen-bond donors (Lipinski definition) is 1. The quantitative estimate of drug-likeness (QED) is 0.720. The van der Waals surface area contributed by atoms with Crippen molar-refractivity contribution in [3.63, 3.8) is 0 Å². The molecule has 80 valence electrons. The largest absolute Gasteiger partial charge is 0.387 e. The van der Waals surface area contributed by atoms with Crippen molar-refractivity contribution in [2.45, 2.75) is 26.9 Å². The lowest BCUT2D eigenvalue weighted by Crippen LogP contribution is -2.25. The predicted molar refractivity (Wildman–Crippen MR) is 51.7 cm³/mol. The fourth-order valence-electron chi connectivity index (χ4n) is 1.25. The first-order valence-electron chi connectivity index (χ1n) is 4.94. The highest BCUT2D eigenvalue weighted by Gasteiger charge is 2.06. The van der Waals surface area contributed by atoms with E-state index in [2.05, 4.69) is 28.9 Å². The molecule has 0 aromatic carbocycles. The summed E-state index contributed by atoms with van der Waals surface area (Å²) in [5.41, 5.74) is 0. The monoisotopic (exact) mass is 199 g/mol. The van der Waals surface area contributed by atoms with E-state index in [1.165, 1.54) is 0 Å². The van der Waals surface area contributed by atoms with Crippen LogP contribution in [0.5, 0.6) is 0 Å². The van der Waals surface area contributed by atoms with Crippen molar-refractivity contribution in [1.82, 2.24) is 15.0 Å². The van der Waals surface area contributed by atoms with Gasteiger partial charge in [-0.05, 0) is 13.1 Å². The third-order valence-electron chi connectivity index (χ3n) is 2.19. The van der Waals surface area contributed by atoms with Crippen LogP contribution in [-0.2, 0) is 13.0 Å². The number of likely N-dealkylation sites (N-methyl/N-ethyl adjacent to an activating group) is 1. The lowest BCUT2D eigenvalue weighted by atomic mass is 10.3. The summed E-state index contributed by atoms with van der Waals surface area (Å²) < 4.78 is 4.78. The highest BCUT2D eigenvalue weighted by atomic mass is 16.5. The van der Waals surface area contributed by atoms with Gasteiger partial charge in [-0.1, -0.05) is 19.0 Å². The molecule has 0 spiro atoms. The first kappa shape index (κ1) is 11.1. The number of hydrogen-bond acceptors (Lipinski definition) is 5. The van der Waals surface area contributed by atoms with Gasteiger partial charge in [0, 0.05) is 13.0 Å². The van der Waals surface area contributed by atoms with Crippen molar-refractivity contribution in [1.29, 1.82) is 0 Å². The van der Waals surface area contributed by atoms with Gasteiger partial charge in [-0.3, -0.25) is 0 Å². The molecule has 0 aliphatic heterocycles. The maximum absolute atomic E-state index is 8.71. The molecule has 1 N–H and O–H groups in total. The standard InChI is InChI=1S/C9H17N3O2/c1-3-12(4-2)6-5-8-10-9(7-13)14-11-8/h13H,3-7H2,1-2H3. The van der Waals surface area contributed by atoms with E-state index in [9.17, 15) is 0 Å². The number of rotatable bonds is 6. The van der Waals surface area contributed by atoms with Gasteiger partial charge in [0.15, 0.2) is 5.82 Å².